The predicted molar refractivity (Wildman–Crippen MR) is 110 cm³/mol. The van der Waals surface area contributed by atoms with Gasteiger partial charge < -0.3 is 14.3 Å². The van der Waals surface area contributed by atoms with Crippen molar-refractivity contribution in [3.8, 4) is 11.5 Å². The van der Waals surface area contributed by atoms with Crippen LogP contribution in [-0.4, -0.2) is 57.4 Å². The fourth-order valence-electron chi connectivity index (χ4n) is 3.90. The number of benzene rings is 1. The molecule has 2 aromatic rings. The lowest BCUT2D eigenvalue weighted by atomic mass is 10.00. The average molecular weight is 452 g/mol. The summed E-state index contributed by atoms with van der Waals surface area (Å²) in [6.45, 7) is 7.18. The molecule has 1 unspecified atom stereocenters. The van der Waals surface area contributed by atoms with Crippen LogP contribution >= 0.6 is 0 Å². The van der Waals surface area contributed by atoms with Crippen molar-refractivity contribution in [2.75, 3.05) is 19.6 Å². The summed E-state index contributed by atoms with van der Waals surface area (Å²) in [5.74, 6) is -0.0758. The Labute approximate surface area is 184 Å². The largest absolute Gasteiger partial charge is 0.416 e. The van der Waals surface area contributed by atoms with Gasteiger partial charge in [-0.05, 0) is 38.0 Å². The molecule has 3 rings (SSSR count). The van der Waals surface area contributed by atoms with E-state index in [9.17, 15) is 22.8 Å². The smallest absolute Gasteiger partial charge is 0.338 e. The molecule has 0 spiro atoms. The topological polar surface area (TPSA) is 79.5 Å². The first-order valence-corrected chi connectivity index (χ1v) is 10.7. The summed E-state index contributed by atoms with van der Waals surface area (Å²) >= 11 is 0. The summed E-state index contributed by atoms with van der Waals surface area (Å²) in [4.78, 5) is 33.0. The number of hydrogen-bond donors (Lipinski definition) is 0. The van der Waals surface area contributed by atoms with Gasteiger partial charge in [0.05, 0.1) is 12.0 Å². The molecule has 0 N–H and O–H groups in total. The van der Waals surface area contributed by atoms with Gasteiger partial charge in [-0.2, -0.15) is 18.2 Å². The summed E-state index contributed by atoms with van der Waals surface area (Å²) in [5, 5.41) is 3.75. The Hall–Kier alpha value is -2.91. The Morgan fingerprint density at radius 3 is 2.56 bits per heavy atom. The highest BCUT2D eigenvalue weighted by atomic mass is 19.4. The molecule has 2 amide bonds. The molecule has 174 valence electrons. The Balaban J connectivity index is 1.62. The third-order valence-electron chi connectivity index (χ3n) is 5.81. The number of aromatic nitrogens is 2. The maximum Gasteiger partial charge on any atom is 0.416 e. The molecule has 0 saturated carbocycles. The lowest BCUT2D eigenvalue weighted by Crippen LogP contribution is -2.56. The van der Waals surface area contributed by atoms with Crippen LogP contribution in [-0.2, 0) is 22.2 Å². The van der Waals surface area contributed by atoms with Crippen LogP contribution in [0.3, 0.4) is 0 Å². The molecule has 2 heterocycles. The Morgan fingerprint density at radius 2 is 1.94 bits per heavy atom. The lowest BCUT2D eigenvalue weighted by molar-refractivity contribution is -0.145. The van der Waals surface area contributed by atoms with Crippen molar-refractivity contribution in [1.82, 2.24) is 19.9 Å². The number of alkyl halides is 3. The summed E-state index contributed by atoms with van der Waals surface area (Å²) in [6, 6.07) is 4.48. The second-order valence-electron chi connectivity index (χ2n) is 8.00. The average Bonchev–Trinajstić information content (AvgIpc) is 3.22. The molecule has 1 saturated heterocycles. The number of carbonyl (C=O) groups excluding carboxylic acids is 2. The van der Waals surface area contributed by atoms with Crippen molar-refractivity contribution >= 4 is 11.8 Å². The maximum atomic E-state index is 12.9. The molecule has 1 aromatic carbocycles. The molecule has 0 bridgehead atoms. The second kappa shape index (κ2) is 9.70. The fraction of sp³-hybridized carbons (Fsp3) is 0.545. The van der Waals surface area contributed by atoms with Gasteiger partial charge in [-0.1, -0.05) is 25.1 Å². The Kier molecular flexibility index (Phi) is 7.20. The van der Waals surface area contributed by atoms with E-state index in [4.69, 9.17) is 4.52 Å². The fourth-order valence-corrected chi connectivity index (χ4v) is 3.90. The molecular weight excluding hydrogens is 425 g/mol. The van der Waals surface area contributed by atoms with Crippen LogP contribution in [0.15, 0.2) is 28.8 Å². The predicted octanol–water partition coefficient (Wildman–Crippen LogP) is 3.79. The summed E-state index contributed by atoms with van der Waals surface area (Å²) in [5.41, 5.74) is -0.686. The number of piperazine rings is 1. The van der Waals surface area contributed by atoms with Crippen LogP contribution in [0.5, 0.6) is 0 Å². The minimum absolute atomic E-state index is 0.00620. The van der Waals surface area contributed by atoms with E-state index in [2.05, 4.69) is 10.1 Å². The zero-order valence-corrected chi connectivity index (χ0v) is 18.4. The summed E-state index contributed by atoms with van der Waals surface area (Å²) < 4.78 is 43.8. The van der Waals surface area contributed by atoms with E-state index >= 15 is 0 Å². The first-order valence-electron chi connectivity index (χ1n) is 10.7. The van der Waals surface area contributed by atoms with Crippen molar-refractivity contribution in [3.05, 3.63) is 35.7 Å². The molecular formula is C22H27F3N4O3. The van der Waals surface area contributed by atoms with Crippen LogP contribution in [0, 0.1) is 5.92 Å². The molecule has 10 heteroatoms. The molecule has 0 aliphatic carbocycles. The van der Waals surface area contributed by atoms with Crippen molar-refractivity contribution in [2.45, 2.75) is 52.3 Å². The summed E-state index contributed by atoms with van der Waals surface area (Å²) in [6.07, 6.45) is -3.04. The standard InChI is InChI=1S/C22H27F3N4O3/c1-4-15(5-2)21(31)29-10-9-28(13-14(29)3)19(30)12-18-26-20(32-27-18)16-7-6-8-17(11-16)22(23,24)25/h6-8,11,14-15H,4-5,9-10,12-13H2,1-3H3. The van der Waals surface area contributed by atoms with E-state index in [-0.39, 0.29) is 47.5 Å². The van der Waals surface area contributed by atoms with Gasteiger partial charge in [0, 0.05) is 37.2 Å². The lowest BCUT2D eigenvalue weighted by Gasteiger charge is -2.41. The molecule has 1 aliphatic rings. The monoisotopic (exact) mass is 452 g/mol. The molecule has 7 nitrogen and oxygen atoms in total. The van der Waals surface area contributed by atoms with Crippen molar-refractivity contribution in [3.63, 3.8) is 0 Å². The molecule has 1 atom stereocenters. The third-order valence-corrected chi connectivity index (χ3v) is 5.81. The first-order chi connectivity index (χ1) is 15.1. The maximum absolute atomic E-state index is 12.9. The van der Waals surface area contributed by atoms with Gasteiger partial charge in [-0.25, -0.2) is 0 Å². The normalized spacial score (nSPS) is 17.2. The Bertz CT molecular complexity index is 956. The number of nitrogens with zero attached hydrogens (tertiary/aromatic N) is 4. The van der Waals surface area contributed by atoms with Crippen LogP contribution in [0.2, 0.25) is 0 Å². The SMILES string of the molecule is CCC(CC)C(=O)N1CCN(C(=O)Cc2noc(-c3cccc(C(F)(F)F)c3)n2)CC1C. The number of amides is 2. The highest BCUT2D eigenvalue weighted by Gasteiger charge is 2.33. The summed E-state index contributed by atoms with van der Waals surface area (Å²) in [7, 11) is 0. The quantitative estimate of drug-likeness (QED) is 0.666. The molecule has 0 radical (unpaired) electrons. The van der Waals surface area contributed by atoms with Crippen LogP contribution in [0.1, 0.15) is 45.0 Å². The van der Waals surface area contributed by atoms with Crippen molar-refractivity contribution in [1.29, 1.82) is 0 Å². The number of rotatable bonds is 6. The van der Waals surface area contributed by atoms with Gasteiger partial charge in [-0.3, -0.25) is 9.59 Å². The minimum Gasteiger partial charge on any atom is -0.338 e. The van der Waals surface area contributed by atoms with Crippen molar-refractivity contribution < 1.29 is 27.3 Å². The molecule has 1 aromatic heterocycles. The van der Waals surface area contributed by atoms with E-state index in [0.717, 1.165) is 25.0 Å². The van der Waals surface area contributed by atoms with Crippen molar-refractivity contribution in [2.24, 2.45) is 5.92 Å². The van der Waals surface area contributed by atoms with Crippen LogP contribution < -0.4 is 0 Å². The number of halogens is 3. The minimum atomic E-state index is -4.48. The van der Waals surface area contributed by atoms with Gasteiger partial charge in [-0.15, -0.1) is 0 Å². The third kappa shape index (κ3) is 5.28. The molecule has 32 heavy (non-hydrogen) atoms. The van der Waals surface area contributed by atoms with E-state index in [1.807, 2.05) is 25.7 Å². The van der Waals surface area contributed by atoms with Gasteiger partial charge in [0.25, 0.3) is 5.89 Å². The number of hydrogen-bond acceptors (Lipinski definition) is 5. The van der Waals surface area contributed by atoms with Crippen LogP contribution in [0.4, 0.5) is 13.2 Å². The van der Waals surface area contributed by atoms with E-state index in [1.165, 1.54) is 12.1 Å². The highest BCUT2D eigenvalue weighted by molar-refractivity contribution is 5.81. The molecule has 1 aliphatic heterocycles. The van der Waals surface area contributed by atoms with Gasteiger partial charge in [0.2, 0.25) is 11.8 Å². The highest BCUT2D eigenvalue weighted by Crippen LogP contribution is 2.31. The van der Waals surface area contributed by atoms with Crippen LogP contribution in [0.25, 0.3) is 11.5 Å². The zero-order valence-electron chi connectivity index (χ0n) is 18.4. The van der Waals surface area contributed by atoms with Gasteiger partial charge in [0.15, 0.2) is 5.82 Å². The second-order valence-corrected chi connectivity index (χ2v) is 8.00. The number of carbonyl (C=O) groups is 2. The Morgan fingerprint density at radius 1 is 1.22 bits per heavy atom. The van der Waals surface area contributed by atoms with E-state index in [0.29, 0.717) is 19.6 Å². The van der Waals surface area contributed by atoms with E-state index < -0.39 is 11.7 Å². The first kappa shape index (κ1) is 23.7. The van der Waals surface area contributed by atoms with Gasteiger partial charge >= 0.3 is 6.18 Å². The van der Waals surface area contributed by atoms with Gasteiger partial charge in [0.1, 0.15) is 0 Å². The zero-order chi connectivity index (χ0) is 23.5. The molecule has 1 fully saturated rings. The van der Waals surface area contributed by atoms with E-state index in [1.54, 1.807) is 4.90 Å².